The zero-order chi connectivity index (χ0) is 18.0. The Bertz CT molecular complexity index is 634. The molecule has 0 bridgehead atoms. The summed E-state index contributed by atoms with van der Waals surface area (Å²) in [5, 5.41) is 6.25. The molecule has 0 aliphatic carbocycles. The first-order valence-electron chi connectivity index (χ1n) is 6.59. The number of nitrogens with zero attached hydrogens (tertiary/aromatic N) is 2. The Morgan fingerprint density at radius 2 is 1.79 bits per heavy atom. The number of methoxy groups -OCH3 is 1. The summed E-state index contributed by atoms with van der Waals surface area (Å²) in [7, 11) is 1.50. The van der Waals surface area contributed by atoms with Gasteiger partial charge in [0.2, 0.25) is 0 Å². The van der Waals surface area contributed by atoms with Gasteiger partial charge in [0.25, 0.3) is 0 Å². The van der Waals surface area contributed by atoms with E-state index in [9.17, 15) is 8.78 Å². The number of benzene rings is 1. The number of halogens is 2. The number of pyridine rings is 1. The van der Waals surface area contributed by atoms with Gasteiger partial charge in [-0.3, -0.25) is 8.78 Å². The fraction of sp³-hybridized carbons (Fsp3) is 0.278. The van der Waals surface area contributed by atoms with Crippen molar-refractivity contribution in [2.24, 2.45) is 5.41 Å². The predicted molar refractivity (Wildman–Crippen MR) is 83.7 cm³/mol. The average molecular weight is 509 g/mol. The van der Waals surface area contributed by atoms with Crippen molar-refractivity contribution in [3.05, 3.63) is 61.7 Å². The minimum atomic E-state index is -0.694. The zero-order valence-corrected chi connectivity index (χ0v) is 16.3. The standard InChI is InChI=1S/C12H8F2NO.C5H10.CN.Ir/c1-16-9-4-5-15-12(7-9)10-3-2-8(13)6-11(10)14;1-5(2,3)4;1-2;/h2,4-7H,1H3;1H,2-4H3;;/q3*-1;+3. The molecule has 3 nitrogen and oxygen atoms in total. The number of hydrogen-bond donors (Lipinski definition) is 0. The van der Waals surface area contributed by atoms with Crippen LogP contribution in [0.25, 0.3) is 11.3 Å². The molecule has 0 unspecified atom stereocenters. The normalized spacial score (nSPS) is 9.38. The van der Waals surface area contributed by atoms with Crippen LogP contribution in [0.5, 0.6) is 5.75 Å². The molecular weight excluding hydrogens is 490 g/mol. The van der Waals surface area contributed by atoms with Crippen LogP contribution in [0, 0.1) is 41.9 Å². The van der Waals surface area contributed by atoms with Crippen LogP contribution in [0.3, 0.4) is 0 Å². The average Bonchev–Trinajstić information content (AvgIpc) is 2.47. The third-order valence-corrected chi connectivity index (χ3v) is 2.08. The van der Waals surface area contributed by atoms with Crippen LogP contribution in [-0.4, -0.2) is 12.1 Å². The van der Waals surface area contributed by atoms with Gasteiger partial charge in [-0.25, -0.2) is 0 Å². The van der Waals surface area contributed by atoms with Gasteiger partial charge in [-0.1, -0.05) is 32.4 Å². The minimum Gasteiger partial charge on any atom is -0.512 e. The van der Waals surface area contributed by atoms with Gasteiger partial charge in [-0.15, -0.1) is 12.1 Å². The molecule has 0 fully saturated rings. The van der Waals surface area contributed by atoms with Crippen LogP contribution >= 0.6 is 0 Å². The second-order valence-corrected chi connectivity index (χ2v) is 5.49. The van der Waals surface area contributed by atoms with Gasteiger partial charge in [0, 0.05) is 17.8 Å². The summed E-state index contributed by atoms with van der Waals surface area (Å²) in [5.74, 6) is -0.799. The molecule has 0 aliphatic heterocycles. The fourth-order valence-electron chi connectivity index (χ4n) is 1.32. The van der Waals surface area contributed by atoms with Crippen molar-refractivity contribution < 1.29 is 33.6 Å². The third-order valence-electron chi connectivity index (χ3n) is 2.08. The largest absolute Gasteiger partial charge is 3.00 e. The minimum absolute atomic E-state index is 0. The molecule has 2 rings (SSSR count). The molecule has 0 saturated carbocycles. The molecule has 24 heavy (non-hydrogen) atoms. The Balaban J connectivity index is 0. The molecule has 1 radical (unpaired) electrons. The molecule has 0 spiro atoms. The summed E-state index contributed by atoms with van der Waals surface area (Å²) in [6, 6.07) is 7.58. The van der Waals surface area contributed by atoms with E-state index >= 15 is 0 Å². The summed E-state index contributed by atoms with van der Waals surface area (Å²) < 4.78 is 31.1. The van der Waals surface area contributed by atoms with Gasteiger partial charge in [0.1, 0.15) is 5.75 Å². The summed E-state index contributed by atoms with van der Waals surface area (Å²) in [6.07, 6.45) is 1.49. The van der Waals surface area contributed by atoms with E-state index in [-0.39, 0.29) is 31.1 Å². The molecule has 1 aromatic heterocycles. The first-order valence-corrected chi connectivity index (χ1v) is 6.59. The van der Waals surface area contributed by atoms with Crippen LogP contribution in [0.2, 0.25) is 0 Å². The molecule has 1 aromatic carbocycles. The smallest absolute Gasteiger partial charge is 0.512 e. The van der Waals surface area contributed by atoms with E-state index in [2.05, 4.69) is 11.1 Å². The first-order chi connectivity index (χ1) is 10.7. The maximum absolute atomic E-state index is 13.4. The first kappa shape index (κ1) is 24.4. The van der Waals surface area contributed by atoms with Crippen molar-refractivity contribution in [1.82, 2.24) is 4.98 Å². The zero-order valence-electron chi connectivity index (χ0n) is 13.9. The van der Waals surface area contributed by atoms with Crippen LogP contribution in [0.4, 0.5) is 8.78 Å². The molecular formula is C18H18F2IrN2O. The topological polar surface area (TPSA) is 45.9 Å². The molecule has 0 saturated heterocycles. The quantitative estimate of drug-likeness (QED) is 0.554. The van der Waals surface area contributed by atoms with E-state index in [1.807, 2.05) is 20.8 Å². The molecule has 0 N–H and O–H groups in total. The summed E-state index contributed by atoms with van der Waals surface area (Å²) >= 11 is 0. The van der Waals surface area contributed by atoms with Crippen molar-refractivity contribution in [2.75, 3.05) is 7.11 Å². The number of aromatic nitrogens is 1. The Morgan fingerprint density at radius 3 is 2.25 bits per heavy atom. The number of rotatable bonds is 2. The van der Waals surface area contributed by atoms with Gasteiger partial charge in [0.05, 0.1) is 7.11 Å². The Morgan fingerprint density at radius 1 is 1.25 bits per heavy atom. The van der Waals surface area contributed by atoms with Crippen molar-refractivity contribution >= 4 is 0 Å². The predicted octanol–water partition coefficient (Wildman–Crippen LogP) is 4.67. The van der Waals surface area contributed by atoms with Gasteiger partial charge >= 0.3 is 20.1 Å². The monoisotopic (exact) mass is 509 g/mol. The summed E-state index contributed by atoms with van der Waals surface area (Å²) in [5.41, 5.74) is 0.483. The van der Waals surface area contributed by atoms with E-state index < -0.39 is 11.6 Å². The second-order valence-electron chi connectivity index (χ2n) is 5.49. The van der Waals surface area contributed by atoms with Gasteiger partial charge < -0.3 is 28.5 Å². The van der Waals surface area contributed by atoms with Gasteiger partial charge in [-0.2, -0.15) is 5.41 Å². The van der Waals surface area contributed by atoms with E-state index in [0.29, 0.717) is 11.4 Å². The number of ether oxygens (including phenoxy) is 1. The van der Waals surface area contributed by atoms with Crippen LogP contribution in [0.15, 0.2) is 30.5 Å². The van der Waals surface area contributed by atoms with Crippen LogP contribution < -0.4 is 4.74 Å². The van der Waals surface area contributed by atoms with Gasteiger partial charge in [0.15, 0.2) is 0 Å². The van der Waals surface area contributed by atoms with E-state index in [1.165, 1.54) is 13.3 Å². The molecule has 1 heterocycles. The van der Waals surface area contributed by atoms with Crippen molar-refractivity contribution in [3.63, 3.8) is 0 Å². The van der Waals surface area contributed by atoms with Crippen LogP contribution in [0.1, 0.15) is 20.8 Å². The molecule has 2 aromatic rings. The SMILES string of the molecule is COc1ccnc(-c2[c-]cc(F)cc2F)c1.[C-]#N.[CH-]C(C)(C)C.[Ir+3]. The molecule has 0 amide bonds. The van der Waals surface area contributed by atoms with Crippen molar-refractivity contribution in [2.45, 2.75) is 20.8 Å². The van der Waals surface area contributed by atoms with Gasteiger partial charge in [-0.05, 0) is 17.8 Å². The third kappa shape index (κ3) is 10.0. The number of hydrogen-bond acceptors (Lipinski definition) is 3. The fourth-order valence-corrected chi connectivity index (χ4v) is 1.32. The molecule has 0 aliphatic rings. The van der Waals surface area contributed by atoms with Crippen molar-refractivity contribution in [1.29, 1.82) is 5.26 Å². The second kappa shape index (κ2) is 11.7. The Labute approximate surface area is 156 Å². The maximum atomic E-state index is 13.4. The summed E-state index contributed by atoms with van der Waals surface area (Å²) in [4.78, 5) is 3.97. The van der Waals surface area contributed by atoms with E-state index in [0.717, 1.165) is 12.1 Å². The van der Waals surface area contributed by atoms with Crippen LogP contribution in [-0.2, 0) is 20.1 Å². The van der Waals surface area contributed by atoms with E-state index in [1.54, 1.807) is 12.1 Å². The molecule has 6 heteroatoms. The Hall–Kier alpha value is -1.83. The van der Waals surface area contributed by atoms with E-state index in [4.69, 9.17) is 23.5 Å². The Kier molecular flexibility index (Phi) is 11.9. The molecule has 129 valence electrons. The van der Waals surface area contributed by atoms with Crippen molar-refractivity contribution in [3.8, 4) is 17.0 Å². The maximum Gasteiger partial charge on any atom is 3.00 e. The summed E-state index contributed by atoms with van der Waals surface area (Å²) in [6.45, 7) is 16.0. The molecule has 0 atom stereocenters.